The minimum Gasteiger partial charge on any atom is -0.298 e. The number of thiophene rings is 1. The van der Waals surface area contributed by atoms with E-state index in [1.165, 1.54) is 23.5 Å². The van der Waals surface area contributed by atoms with Crippen molar-refractivity contribution in [2.24, 2.45) is 0 Å². The third-order valence-corrected chi connectivity index (χ3v) is 3.17. The first-order valence-corrected chi connectivity index (χ1v) is 5.45. The molecule has 2 aromatic rings. The fourth-order valence-corrected chi connectivity index (χ4v) is 2.29. The van der Waals surface area contributed by atoms with Gasteiger partial charge in [-0.25, -0.2) is 4.39 Å². The largest absolute Gasteiger partial charge is 0.298 e. The first-order chi connectivity index (χ1) is 7.20. The zero-order valence-electron chi connectivity index (χ0n) is 7.54. The van der Waals surface area contributed by atoms with Crippen molar-refractivity contribution in [1.29, 1.82) is 0 Å². The van der Waals surface area contributed by atoms with Gasteiger partial charge in [-0.15, -0.1) is 11.3 Å². The Hall–Kier alpha value is -1.19. The summed E-state index contributed by atoms with van der Waals surface area (Å²) in [6, 6.07) is 6.01. The number of carbonyl (C=O) groups is 1. The monoisotopic (exact) mass is 240 g/mol. The van der Waals surface area contributed by atoms with Crippen molar-refractivity contribution in [3.63, 3.8) is 0 Å². The molecule has 0 N–H and O–H groups in total. The van der Waals surface area contributed by atoms with Crippen LogP contribution in [-0.4, -0.2) is 6.29 Å². The van der Waals surface area contributed by atoms with Gasteiger partial charge in [0, 0.05) is 26.4 Å². The van der Waals surface area contributed by atoms with E-state index in [1.54, 1.807) is 17.5 Å². The van der Waals surface area contributed by atoms with Gasteiger partial charge in [0.2, 0.25) is 0 Å². The van der Waals surface area contributed by atoms with Crippen molar-refractivity contribution in [2.45, 2.75) is 0 Å². The molecule has 4 heteroatoms. The number of hydrogen-bond acceptors (Lipinski definition) is 2. The maximum atomic E-state index is 13.4. The molecule has 1 heterocycles. The molecule has 1 aromatic carbocycles. The zero-order valence-corrected chi connectivity index (χ0v) is 9.11. The molecular formula is C11H6ClFOS. The number of hydrogen-bond donors (Lipinski definition) is 0. The lowest BCUT2D eigenvalue weighted by Gasteiger charge is -1.99. The molecule has 0 aliphatic carbocycles. The summed E-state index contributed by atoms with van der Waals surface area (Å²) in [5.74, 6) is -0.335. The number of benzene rings is 1. The minimum atomic E-state index is -0.335. The van der Waals surface area contributed by atoms with Crippen LogP contribution in [0, 0.1) is 5.82 Å². The topological polar surface area (TPSA) is 17.1 Å². The highest BCUT2D eigenvalue weighted by atomic mass is 35.5. The molecule has 2 rings (SSSR count). The van der Waals surface area contributed by atoms with E-state index >= 15 is 0 Å². The summed E-state index contributed by atoms with van der Waals surface area (Å²) in [5, 5.41) is 2.16. The van der Waals surface area contributed by atoms with Gasteiger partial charge in [0.05, 0.1) is 0 Å². The summed E-state index contributed by atoms with van der Waals surface area (Å²) < 4.78 is 13.4. The first-order valence-electron chi connectivity index (χ1n) is 4.20. The maximum absolute atomic E-state index is 13.4. The van der Waals surface area contributed by atoms with Crippen LogP contribution in [0.25, 0.3) is 10.4 Å². The van der Waals surface area contributed by atoms with E-state index in [9.17, 15) is 9.18 Å². The molecule has 0 fully saturated rings. The van der Waals surface area contributed by atoms with Crippen molar-refractivity contribution in [3.05, 3.63) is 46.0 Å². The van der Waals surface area contributed by atoms with Crippen LogP contribution in [0.15, 0.2) is 29.6 Å². The average molecular weight is 241 g/mol. The Morgan fingerprint density at radius 2 is 2.13 bits per heavy atom. The van der Waals surface area contributed by atoms with Gasteiger partial charge in [-0.1, -0.05) is 11.6 Å². The van der Waals surface area contributed by atoms with Crippen LogP contribution in [0.3, 0.4) is 0 Å². The third kappa shape index (κ3) is 2.08. The van der Waals surface area contributed by atoms with Crippen LogP contribution < -0.4 is 0 Å². The standard InChI is InChI=1S/C11H6ClFOS/c12-8-1-2-10(13)9(4-8)11-3-7(5-14)6-15-11/h1-6H. The lowest BCUT2D eigenvalue weighted by atomic mass is 10.1. The number of rotatable bonds is 2. The summed E-state index contributed by atoms with van der Waals surface area (Å²) in [6.07, 6.45) is 0.739. The number of carbonyl (C=O) groups excluding carboxylic acids is 1. The summed E-state index contributed by atoms with van der Waals surface area (Å²) in [4.78, 5) is 11.2. The Kier molecular flexibility index (Phi) is 2.84. The minimum absolute atomic E-state index is 0.335. The quantitative estimate of drug-likeness (QED) is 0.725. The number of aldehydes is 1. The van der Waals surface area contributed by atoms with Crippen molar-refractivity contribution < 1.29 is 9.18 Å². The van der Waals surface area contributed by atoms with Crippen molar-refractivity contribution in [1.82, 2.24) is 0 Å². The molecule has 0 amide bonds. The van der Waals surface area contributed by atoms with E-state index in [2.05, 4.69) is 0 Å². The first kappa shape index (κ1) is 10.3. The van der Waals surface area contributed by atoms with E-state index in [4.69, 9.17) is 11.6 Å². The normalized spacial score (nSPS) is 10.3. The molecule has 1 aromatic heterocycles. The molecule has 0 aliphatic rings. The second kappa shape index (κ2) is 4.13. The Morgan fingerprint density at radius 1 is 1.33 bits per heavy atom. The van der Waals surface area contributed by atoms with E-state index in [1.807, 2.05) is 0 Å². The molecule has 0 bridgehead atoms. The van der Waals surface area contributed by atoms with Crippen LogP contribution >= 0.6 is 22.9 Å². The van der Waals surface area contributed by atoms with Gasteiger partial charge in [-0.3, -0.25) is 4.79 Å². The summed E-state index contributed by atoms with van der Waals surface area (Å²) in [7, 11) is 0. The van der Waals surface area contributed by atoms with Gasteiger partial charge in [0.25, 0.3) is 0 Å². The van der Waals surface area contributed by atoms with Crippen LogP contribution in [0.5, 0.6) is 0 Å². The molecule has 0 unspecified atom stereocenters. The highest BCUT2D eigenvalue weighted by molar-refractivity contribution is 7.13. The highest BCUT2D eigenvalue weighted by Crippen LogP contribution is 2.30. The number of halogens is 2. The Labute approximate surface area is 95.1 Å². The molecule has 0 spiro atoms. The third-order valence-electron chi connectivity index (χ3n) is 1.95. The second-order valence-corrected chi connectivity index (χ2v) is 4.33. The van der Waals surface area contributed by atoms with Crippen LogP contribution in [0.1, 0.15) is 10.4 Å². The second-order valence-electron chi connectivity index (χ2n) is 2.99. The highest BCUT2D eigenvalue weighted by Gasteiger charge is 2.08. The molecule has 1 nitrogen and oxygen atoms in total. The SMILES string of the molecule is O=Cc1csc(-c2cc(Cl)ccc2F)c1. The summed E-state index contributed by atoms with van der Waals surface area (Å²) in [5.41, 5.74) is 0.981. The lowest BCUT2D eigenvalue weighted by Crippen LogP contribution is -1.80. The van der Waals surface area contributed by atoms with Crippen molar-refractivity contribution >= 4 is 29.2 Å². The maximum Gasteiger partial charge on any atom is 0.150 e. The summed E-state index contributed by atoms with van der Waals surface area (Å²) in [6.45, 7) is 0. The smallest absolute Gasteiger partial charge is 0.150 e. The molecule has 0 atom stereocenters. The van der Waals surface area contributed by atoms with Crippen LogP contribution in [0.2, 0.25) is 5.02 Å². The molecule has 76 valence electrons. The van der Waals surface area contributed by atoms with Crippen LogP contribution in [0.4, 0.5) is 4.39 Å². The van der Waals surface area contributed by atoms with Crippen LogP contribution in [-0.2, 0) is 0 Å². The fourth-order valence-electron chi connectivity index (χ4n) is 1.24. The van der Waals surface area contributed by atoms with Gasteiger partial charge in [-0.05, 0) is 24.3 Å². The molecule has 0 radical (unpaired) electrons. The van der Waals surface area contributed by atoms with Gasteiger partial charge in [0.15, 0.2) is 6.29 Å². The predicted molar refractivity (Wildman–Crippen MR) is 60.1 cm³/mol. The Morgan fingerprint density at radius 3 is 2.80 bits per heavy atom. The summed E-state index contributed by atoms with van der Waals surface area (Å²) >= 11 is 7.10. The van der Waals surface area contributed by atoms with Gasteiger partial charge >= 0.3 is 0 Å². The van der Waals surface area contributed by atoms with Gasteiger partial charge in [-0.2, -0.15) is 0 Å². The van der Waals surface area contributed by atoms with E-state index in [-0.39, 0.29) is 5.82 Å². The van der Waals surface area contributed by atoms with E-state index in [0.29, 0.717) is 21.0 Å². The molecule has 0 saturated heterocycles. The van der Waals surface area contributed by atoms with Crippen molar-refractivity contribution in [3.8, 4) is 10.4 Å². The fraction of sp³-hybridized carbons (Fsp3) is 0. The molecule has 0 aliphatic heterocycles. The Balaban J connectivity index is 2.52. The molecular weight excluding hydrogens is 235 g/mol. The lowest BCUT2D eigenvalue weighted by molar-refractivity contribution is 0.112. The van der Waals surface area contributed by atoms with E-state index < -0.39 is 0 Å². The predicted octanol–water partition coefficient (Wildman–Crippen LogP) is 4.02. The average Bonchev–Trinajstić information content (AvgIpc) is 2.70. The van der Waals surface area contributed by atoms with Gasteiger partial charge in [0.1, 0.15) is 5.82 Å². The molecule has 0 saturated carbocycles. The van der Waals surface area contributed by atoms with E-state index in [0.717, 1.165) is 6.29 Å². The van der Waals surface area contributed by atoms with Gasteiger partial charge < -0.3 is 0 Å². The Bertz CT molecular complexity index is 507. The molecule has 15 heavy (non-hydrogen) atoms. The van der Waals surface area contributed by atoms with Crippen molar-refractivity contribution in [2.75, 3.05) is 0 Å². The zero-order chi connectivity index (χ0) is 10.8.